The Morgan fingerprint density at radius 2 is 1.00 bits per heavy atom. The molecule has 0 fully saturated rings. The van der Waals surface area contributed by atoms with Gasteiger partial charge in [0, 0.05) is 36.6 Å². The van der Waals surface area contributed by atoms with E-state index in [0.29, 0.717) is 16.7 Å². The van der Waals surface area contributed by atoms with Crippen molar-refractivity contribution in [2.24, 2.45) is 0 Å². The number of rotatable bonds is 3. The van der Waals surface area contributed by atoms with E-state index >= 15 is 0 Å². The number of aromatic nitrogens is 1. The Kier molecular flexibility index (Phi) is 5.78. The van der Waals surface area contributed by atoms with Gasteiger partial charge in [0.15, 0.2) is 0 Å². The van der Waals surface area contributed by atoms with E-state index < -0.39 is 0 Å². The molecule has 0 N–H and O–H groups in total. The Bertz CT molecular complexity index is 2510. The van der Waals surface area contributed by atoms with Crippen molar-refractivity contribution in [1.29, 1.82) is 15.8 Å². The van der Waals surface area contributed by atoms with Crippen LogP contribution in [0.5, 0.6) is 0 Å². The van der Waals surface area contributed by atoms with Gasteiger partial charge in [-0.15, -0.1) is 11.3 Å². The van der Waals surface area contributed by atoms with Gasteiger partial charge in [-0.2, -0.15) is 15.8 Å². The molecule has 0 amide bonds. The highest BCUT2D eigenvalue weighted by Gasteiger charge is 2.16. The van der Waals surface area contributed by atoms with Crippen LogP contribution in [-0.4, -0.2) is 4.57 Å². The summed E-state index contributed by atoms with van der Waals surface area (Å²) in [5.41, 5.74) is 8.84. The van der Waals surface area contributed by atoms with E-state index in [2.05, 4.69) is 83.4 Å². The molecule has 0 aliphatic carbocycles. The van der Waals surface area contributed by atoms with Crippen LogP contribution in [0.3, 0.4) is 0 Å². The summed E-state index contributed by atoms with van der Waals surface area (Å²) in [6, 6.07) is 47.6. The maximum atomic E-state index is 9.65. The highest BCUT2D eigenvalue weighted by Crippen LogP contribution is 2.39. The van der Waals surface area contributed by atoms with Crippen molar-refractivity contribution >= 4 is 53.3 Å². The molecule has 4 nitrogen and oxygen atoms in total. The fraction of sp³-hybridized carbons (Fsp3) is 0. The average molecular weight is 577 g/mol. The Morgan fingerprint density at radius 3 is 1.66 bits per heavy atom. The summed E-state index contributed by atoms with van der Waals surface area (Å²) >= 11 is 1.80. The van der Waals surface area contributed by atoms with Crippen LogP contribution in [0.2, 0.25) is 0 Å². The van der Waals surface area contributed by atoms with E-state index in [1.165, 1.54) is 20.2 Å². The monoisotopic (exact) mass is 576 g/mol. The van der Waals surface area contributed by atoms with Crippen LogP contribution in [0.25, 0.3) is 69.9 Å². The second kappa shape index (κ2) is 9.97. The summed E-state index contributed by atoms with van der Waals surface area (Å²) in [5, 5.41) is 33.0. The third-order valence-electron chi connectivity index (χ3n) is 8.26. The number of benzene rings is 6. The average Bonchev–Trinajstić information content (AvgIpc) is 3.62. The molecule has 8 aromatic rings. The molecule has 0 spiro atoms. The third kappa shape index (κ3) is 4.03. The first kappa shape index (κ1) is 25.5. The van der Waals surface area contributed by atoms with Crippen LogP contribution >= 0.6 is 11.3 Å². The summed E-state index contributed by atoms with van der Waals surface area (Å²) in [7, 11) is 0. The highest BCUT2D eigenvalue weighted by molar-refractivity contribution is 7.25. The fourth-order valence-electron chi connectivity index (χ4n) is 6.16. The number of thiophene rings is 1. The molecule has 0 saturated heterocycles. The highest BCUT2D eigenvalue weighted by atomic mass is 32.1. The van der Waals surface area contributed by atoms with Crippen LogP contribution in [0.4, 0.5) is 0 Å². The van der Waals surface area contributed by atoms with Crippen LogP contribution in [-0.2, 0) is 0 Å². The maximum Gasteiger partial charge on any atom is 0.0991 e. The van der Waals surface area contributed by atoms with Crippen molar-refractivity contribution in [3.63, 3.8) is 0 Å². The lowest BCUT2D eigenvalue weighted by molar-refractivity contribution is 1.18. The van der Waals surface area contributed by atoms with Crippen molar-refractivity contribution < 1.29 is 0 Å². The molecule has 0 atom stereocenters. The normalized spacial score (nSPS) is 11.1. The van der Waals surface area contributed by atoms with Crippen molar-refractivity contribution in [3.05, 3.63) is 138 Å². The Morgan fingerprint density at radius 1 is 0.432 bits per heavy atom. The molecule has 202 valence electrons. The minimum absolute atomic E-state index is 0.572. The minimum atomic E-state index is 0.572. The van der Waals surface area contributed by atoms with Gasteiger partial charge in [-0.25, -0.2) is 0 Å². The van der Waals surface area contributed by atoms with Gasteiger partial charge in [0.1, 0.15) is 0 Å². The SMILES string of the molecule is N#Cc1ccc(-c2cc(-c3ccc4sc5ccccc5c4c3)cc(-n3c4ccc(C#N)cc4c4cc(C#N)ccc43)c2)cc1. The molecule has 8 rings (SSSR count). The number of hydrogen-bond acceptors (Lipinski definition) is 4. The zero-order valence-corrected chi connectivity index (χ0v) is 24.1. The molecular formula is C39H20N4S. The van der Waals surface area contributed by atoms with E-state index in [9.17, 15) is 15.8 Å². The second-order valence-electron chi connectivity index (χ2n) is 10.8. The van der Waals surface area contributed by atoms with Gasteiger partial charge in [-0.05, 0) is 107 Å². The summed E-state index contributed by atoms with van der Waals surface area (Å²) in [6.07, 6.45) is 0. The lowest BCUT2D eigenvalue weighted by atomic mass is 9.96. The van der Waals surface area contributed by atoms with Crippen LogP contribution in [0, 0.1) is 34.0 Å². The van der Waals surface area contributed by atoms with E-state index in [-0.39, 0.29) is 0 Å². The fourth-order valence-corrected chi connectivity index (χ4v) is 7.24. The molecule has 5 heteroatoms. The molecular weight excluding hydrogens is 557 g/mol. The molecule has 6 aromatic carbocycles. The topological polar surface area (TPSA) is 76.3 Å². The summed E-state index contributed by atoms with van der Waals surface area (Å²) in [5.74, 6) is 0. The summed E-state index contributed by atoms with van der Waals surface area (Å²) in [4.78, 5) is 0. The van der Waals surface area contributed by atoms with E-state index in [0.717, 1.165) is 49.7 Å². The quantitative estimate of drug-likeness (QED) is 0.210. The third-order valence-corrected chi connectivity index (χ3v) is 9.41. The van der Waals surface area contributed by atoms with E-state index in [4.69, 9.17) is 0 Å². The van der Waals surface area contributed by atoms with E-state index in [1.54, 1.807) is 11.3 Å². The lowest BCUT2D eigenvalue weighted by Crippen LogP contribution is -1.96. The lowest BCUT2D eigenvalue weighted by Gasteiger charge is -2.14. The zero-order valence-electron chi connectivity index (χ0n) is 23.2. The molecule has 0 saturated carbocycles. The van der Waals surface area contributed by atoms with Gasteiger partial charge in [0.25, 0.3) is 0 Å². The molecule has 0 aliphatic heterocycles. The van der Waals surface area contributed by atoms with Crippen molar-refractivity contribution in [2.75, 3.05) is 0 Å². The van der Waals surface area contributed by atoms with E-state index in [1.807, 2.05) is 60.7 Å². The van der Waals surface area contributed by atoms with Gasteiger partial charge in [-0.3, -0.25) is 0 Å². The molecule has 2 heterocycles. The first-order chi connectivity index (χ1) is 21.6. The zero-order chi connectivity index (χ0) is 29.8. The first-order valence-electron chi connectivity index (χ1n) is 14.1. The van der Waals surface area contributed by atoms with Crippen molar-refractivity contribution in [1.82, 2.24) is 4.57 Å². The molecule has 0 unspecified atom stereocenters. The van der Waals surface area contributed by atoms with Gasteiger partial charge in [-0.1, -0.05) is 36.4 Å². The number of hydrogen-bond donors (Lipinski definition) is 0. The minimum Gasteiger partial charge on any atom is -0.309 e. The standard InChI is InChI=1S/C39H20N4S/c40-21-24-5-9-27(10-6-24)29-17-30(28-11-14-39-35(20-28)32-3-1-2-4-38(32)44-39)19-31(18-29)43-36-12-7-25(22-41)15-33(36)34-16-26(23-42)8-13-37(34)43/h1-20H. The van der Waals surface area contributed by atoms with Gasteiger partial charge >= 0.3 is 0 Å². The number of nitrogens with zero attached hydrogens (tertiary/aromatic N) is 4. The van der Waals surface area contributed by atoms with Crippen LogP contribution in [0.15, 0.2) is 121 Å². The Labute approximate surface area is 257 Å². The predicted octanol–water partition coefficient (Wildman–Crippen LogP) is 10.1. The second-order valence-corrected chi connectivity index (χ2v) is 11.9. The molecule has 0 aliphatic rings. The van der Waals surface area contributed by atoms with Crippen LogP contribution in [0.1, 0.15) is 16.7 Å². The Balaban J connectivity index is 1.43. The molecule has 0 radical (unpaired) electrons. The first-order valence-corrected chi connectivity index (χ1v) is 14.9. The largest absolute Gasteiger partial charge is 0.309 e. The summed E-state index contributed by atoms with van der Waals surface area (Å²) in [6.45, 7) is 0. The van der Waals surface area contributed by atoms with Gasteiger partial charge in [0.2, 0.25) is 0 Å². The Hall–Kier alpha value is -6.19. The van der Waals surface area contributed by atoms with Crippen molar-refractivity contribution in [3.8, 4) is 46.1 Å². The maximum absolute atomic E-state index is 9.65. The number of nitriles is 3. The predicted molar refractivity (Wildman–Crippen MR) is 179 cm³/mol. The van der Waals surface area contributed by atoms with Gasteiger partial charge < -0.3 is 4.57 Å². The van der Waals surface area contributed by atoms with Crippen molar-refractivity contribution in [2.45, 2.75) is 0 Å². The summed E-state index contributed by atoms with van der Waals surface area (Å²) < 4.78 is 4.73. The van der Waals surface area contributed by atoms with Crippen LogP contribution < -0.4 is 0 Å². The van der Waals surface area contributed by atoms with Gasteiger partial charge in [0.05, 0.1) is 45.9 Å². The number of fused-ring (bicyclic) bond motifs is 6. The smallest absolute Gasteiger partial charge is 0.0991 e. The molecule has 0 bridgehead atoms. The molecule has 44 heavy (non-hydrogen) atoms. The molecule has 2 aromatic heterocycles.